The maximum Gasteiger partial charge on any atom is 0.141 e. The summed E-state index contributed by atoms with van der Waals surface area (Å²) in [5.74, 6) is -0.307. The summed E-state index contributed by atoms with van der Waals surface area (Å²) in [4.78, 5) is 8.91. The summed E-state index contributed by atoms with van der Waals surface area (Å²) < 4.78 is 13.0. The number of nitrogens with zero attached hydrogens (tertiary/aromatic N) is 2. The molecule has 0 aliphatic heterocycles. The molecule has 2 rings (SSSR count). The fourth-order valence-corrected chi connectivity index (χ4v) is 3.11. The lowest BCUT2D eigenvalue weighted by Gasteiger charge is -2.17. The van der Waals surface area contributed by atoms with E-state index < -0.39 is 0 Å². The van der Waals surface area contributed by atoms with Gasteiger partial charge in [0, 0.05) is 17.2 Å². The van der Waals surface area contributed by atoms with Gasteiger partial charge in [-0.2, -0.15) is 0 Å². The summed E-state index contributed by atoms with van der Waals surface area (Å²) in [7, 11) is 0. The van der Waals surface area contributed by atoms with E-state index in [2.05, 4.69) is 43.4 Å². The Morgan fingerprint density at radius 1 is 1.33 bits per heavy atom. The molecule has 0 aliphatic rings. The number of nitrogens with one attached hydrogen (secondary N) is 1. The van der Waals surface area contributed by atoms with Crippen LogP contribution in [0.2, 0.25) is 0 Å². The van der Waals surface area contributed by atoms with Crippen LogP contribution in [-0.2, 0) is 11.8 Å². The standard InChI is InChI=1S/C16H22FN3S/c1-5-18-13(12-7-6-11(17)9-19-12)8-15-20-14(10-21-15)16(2,3)4/h6-7,9-10,13,18H,5,8H2,1-4H3. The van der Waals surface area contributed by atoms with E-state index in [-0.39, 0.29) is 17.3 Å². The highest BCUT2D eigenvalue weighted by Gasteiger charge is 2.20. The minimum atomic E-state index is -0.307. The van der Waals surface area contributed by atoms with E-state index in [1.807, 2.05) is 0 Å². The van der Waals surface area contributed by atoms with E-state index in [4.69, 9.17) is 4.98 Å². The number of pyridine rings is 1. The number of hydrogen-bond acceptors (Lipinski definition) is 4. The number of hydrogen-bond donors (Lipinski definition) is 1. The zero-order chi connectivity index (χ0) is 15.5. The molecule has 5 heteroatoms. The Kier molecular flexibility index (Phi) is 5.06. The average Bonchev–Trinajstić information content (AvgIpc) is 2.88. The van der Waals surface area contributed by atoms with Crippen molar-refractivity contribution in [2.24, 2.45) is 0 Å². The molecule has 1 N–H and O–H groups in total. The molecule has 21 heavy (non-hydrogen) atoms. The summed E-state index contributed by atoms with van der Waals surface area (Å²) in [6.45, 7) is 9.37. The van der Waals surface area contributed by atoms with Crippen LogP contribution in [0.4, 0.5) is 4.39 Å². The zero-order valence-corrected chi connectivity index (χ0v) is 13.8. The van der Waals surface area contributed by atoms with E-state index in [9.17, 15) is 4.39 Å². The molecule has 114 valence electrons. The Bertz CT molecular complexity index is 572. The summed E-state index contributed by atoms with van der Waals surface area (Å²) in [6, 6.07) is 3.25. The number of rotatable bonds is 5. The van der Waals surface area contributed by atoms with Crippen molar-refractivity contribution in [3.05, 3.63) is 45.9 Å². The van der Waals surface area contributed by atoms with Crippen molar-refractivity contribution in [3.63, 3.8) is 0 Å². The second-order valence-electron chi connectivity index (χ2n) is 6.09. The molecule has 0 aromatic carbocycles. The van der Waals surface area contributed by atoms with Crippen LogP contribution >= 0.6 is 11.3 Å². The fraction of sp³-hybridized carbons (Fsp3) is 0.500. The maximum absolute atomic E-state index is 13.0. The van der Waals surface area contributed by atoms with E-state index in [0.29, 0.717) is 0 Å². The van der Waals surface area contributed by atoms with Gasteiger partial charge in [-0.15, -0.1) is 11.3 Å². The lowest BCUT2D eigenvalue weighted by atomic mass is 9.93. The van der Waals surface area contributed by atoms with Crippen molar-refractivity contribution in [2.45, 2.75) is 45.6 Å². The van der Waals surface area contributed by atoms with Gasteiger partial charge in [-0.25, -0.2) is 9.37 Å². The second kappa shape index (κ2) is 6.62. The topological polar surface area (TPSA) is 37.8 Å². The Balaban J connectivity index is 2.16. The molecule has 1 unspecified atom stereocenters. The van der Waals surface area contributed by atoms with Gasteiger partial charge in [0.1, 0.15) is 5.82 Å². The first kappa shape index (κ1) is 16.0. The minimum Gasteiger partial charge on any atom is -0.309 e. The number of thiazole rings is 1. The van der Waals surface area contributed by atoms with Crippen LogP contribution in [0, 0.1) is 5.82 Å². The first-order valence-electron chi connectivity index (χ1n) is 7.20. The van der Waals surface area contributed by atoms with Gasteiger partial charge in [-0.3, -0.25) is 4.98 Å². The predicted octanol–water partition coefficient (Wildman–Crippen LogP) is 3.87. The monoisotopic (exact) mass is 307 g/mol. The predicted molar refractivity (Wildman–Crippen MR) is 85.1 cm³/mol. The molecule has 0 saturated carbocycles. The van der Waals surface area contributed by atoms with Crippen LogP contribution in [0.15, 0.2) is 23.7 Å². The highest BCUT2D eigenvalue weighted by Crippen LogP contribution is 2.26. The third-order valence-corrected chi connectivity index (χ3v) is 4.13. The van der Waals surface area contributed by atoms with E-state index >= 15 is 0 Å². The van der Waals surface area contributed by atoms with Crippen LogP contribution in [0.5, 0.6) is 0 Å². The summed E-state index contributed by atoms with van der Waals surface area (Å²) >= 11 is 1.68. The van der Waals surface area contributed by atoms with Gasteiger partial charge < -0.3 is 5.32 Å². The first-order valence-corrected chi connectivity index (χ1v) is 8.08. The molecular formula is C16H22FN3S. The van der Waals surface area contributed by atoms with Crippen LogP contribution in [0.25, 0.3) is 0 Å². The molecule has 0 saturated heterocycles. The zero-order valence-electron chi connectivity index (χ0n) is 13.0. The third kappa shape index (κ3) is 4.32. The van der Waals surface area contributed by atoms with Gasteiger partial charge in [0.25, 0.3) is 0 Å². The molecule has 0 fully saturated rings. The molecule has 0 aliphatic carbocycles. The van der Waals surface area contributed by atoms with Crippen LogP contribution in [0.3, 0.4) is 0 Å². The molecule has 2 aromatic rings. The Hall–Kier alpha value is -1.33. The van der Waals surface area contributed by atoms with Crippen molar-refractivity contribution < 1.29 is 4.39 Å². The third-order valence-electron chi connectivity index (χ3n) is 3.26. The summed E-state index contributed by atoms with van der Waals surface area (Å²) in [5.41, 5.74) is 2.03. The van der Waals surface area contributed by atoms with Crippen LogP contribution in [0.1, 0.15) is 50.1 Å². The smallest absolute Gasteiger partial charge is 0.141 e. The fourth-order valence-electron chi connectivity index (χ4n) is 2.04. The van der Waals surface area contributed by atoms with Gasteiger partial charge in [-0.05, 0) is 18.7 Å². The molecule has 1 atom stereocenters. The van der Waals surface area contributed by atoms with Gasteiger partial charge in [-0.1, -0.05) is 27.7 Å². The van der Waals surface area contributed by atoms with Crippen molar-refractivity contribution in [1.82, 2.24) is 15.3 Å². The highest BCUT2D eigenvalue weighted by atomic mass is 32.1. The quantitative estimate of drug-likeness (QED) is 0.911. The van der Waals surface area contributed by atoms with E-state index in [1.165, 1.54) is 12.3 Å². The van der Waals surface area contributed by atoms with Crippen molar-refractivity contribution in [1.29, 1.82) is 0 Å². The summed E-state index contributed by atoms with van der Waals surface area (Å²) in [5, 5.41) is 6.60. The minimum absolute atomic E-state index is 0.0644. The van der Waals surface area contributed by atoms with Crippen molar-refractivity contribution in [3.8, 4) is 0 Å². The lowest BCUT2D eigenvalue weighted by Crippen LogP contribution is -2.24. The Labute approximate surface area is 129 Å². The van der Waals surface area contributed by atoms with Crippen LogP contribution in [-0.4, -0.2) is 16.5 Å². The van der Waals surface area contributed by atoms with Gasteiger partial charge in [0.05, 0.1) is 28.6 Å². The molecule has 0 bridgehead atoms. The van der Waals surface area contributed by atoms with Gasteiger partial charge >= 0.3 is 0 Å². The summed E-state index contributed by atoms with van der Waals surface area (Å²) in [6.07, 6.45) is 2.04. The molecule has 0 radical (unpaired) electrons. The number of aromatic nitrogens is 2. The normalized spacial score (nSPS) is 13.4. The van der Waals surface area contributed by atoms with E-state index in [1.54, 1.807) is 17.4 Å². The molecule has 0 spiro atoms. The molecule has 2 heterocycles. The van der Waals surface area contributed by atoms with Gasteiger partial charge in [0.2, 0.25) is 0 Å². The number of halogens is 1. The van der Waals surface area contributed by atoms with E-state index in [0.717, 1.165) is 29.4 Å². The van der Waals surface area contributed by atoms with Gasteiger partial charge in [0.15, 0.2) is 0 Å². The van der Waals surface area contributed by atoms with Crippen LogP contribution < -0.4 is 5.32 Å². The number of likely N-dealkylation sites (N-methyl/N-ethyl adjacent to an activating group) is 1. The van der Waals surface area contributed by atoms with Crippen molar-refractivity contribution in [2.75, 3.05) is 6.54 Å². The van der Waals surface area contributed by atoms with Crippen molar-refractivity contribution >= 4 is 11.3 Å². The Morgan fingerprint density at radius 3 is 2.62 bits per heavy atom. The maximum atomic E-state index is 13.0. The lowest BCUT2D eigenvalue weighted by molar-refractivity contribution is 0.525. The molecule has 2 aromatic heterocycles. The Morgan fingerprint density at radius 2 is 2.10 bits per heavy atom. The highest BCUT2D eigenvalue weighted by molar-refractivity contribution is 7.09. The average molecular weight is 307 g/mol. The largest absolute Gasteiger partial charge is 0.309 e. The molecule has 0 amide bonds. The SMILES string of the molecule is CCNC(Cc1nc(C(C)(C)C)cs1)c1ccc(F)cn1. The second-order valence-corrected chi connectivity index (χ2v) is 7.03. The first-order chi connectivity index (χ1) is 9.90. The molecule has 3 nitrogen and oxygen atoms in total. The molecular weight excluding hydrogens is 285 g/mol.